The van der Waals surface area contributed by atoms with Crippen LogP contribution in [0.25, 0.3) is 0 Å². The second kappa shape index (κ2) is 6.42. The van der Waals surface area contributed by atoms with Gasteiger partial charge in [0.25, 0.3) is 5.91 Å². The standard InChI is InChI=1S/C18H17ClN2O2/c1-2-21-16-8-7-15(11-12(16)6-9-17(21)22)20-18(23)13-4-3-5-14(19)10-13/h3-5,7-8,10-11H,2,6,9H2,1H3,(H,20,23). The van der Waals surface area contributed by atoms with Gasteiger partial charge in [0.15, 0.2) is 0 Å². The van der Waals surface area contributed by atoms with Crippen LogP contribution in [0.15, 0.2) is 42.5 Å². The Kier molecular flexibility index (Phi) is 4.35. The summed E-state index contributed by atoms with van der Waals surface area (Å²) in [5, 5.41) is 3.41. The molecule has 0 saturated carbocycles. The Morgan fingerprint density at radius 1 is 1.22 bits per heavy atom. The Bertz CT molecular complexity index is 773. The molecule has 0 bridgehead atoms. The van der Waals surface area contributed by atoms with E-state index in [2.05, 4.69) is 5.32 Å². The van der Waals surface area contributed by atoms with Crippen molar-refractivity contribution in [3.8, 4) is 0 Å². The highest BCUT2D eigenvalue weighted by Gasteiger charge is 2.23. The van der Waals surface area contributed by atoms with E-state index in [0.29, 0.717) is 30.0 Å². The molecule has 2 aromatic rings. The topological polar surface area (TPSA) is 49.4 Å². The smallest absolute Gasteiger partial charge is 0.255 e. The number of benzene rings is 2. The van der Waals surface area contributed by atoms with E-state index in [1.165, 1.54) is 0 Å². The van der Waals surface area contributed by atoms with Gasteiger partial charge in [-0.2, -0.15) is 0 Å². The van der Waals surface area contributed by atoms with E-state index in [4.69, 9.17) is 11.6 Å². The zero-order valence-electron chi connectivity index (χ0n) is 12.8. The molecule has 5 heteroatoms. The monoisotopic (exact) mass is 328 g/mol. The minimum absolute atomic E-state index is 0.149. The summed E-state index contributed by atoms with van der Waals surface area (Å²) < 4.78 is 0. The third kappa shape index (κ3) is 3.22. The molecule has 4 nitrogen and oxygen atoms in total. The molecule has 2 amide bonds. The molecule has 1 N–H and O–H groups in total. The van der Waals surface area contributed by atoms with Crippen molar-refractivity contribution in [2.75, 3.05) is 16.8 Å². The van der Waals surface area contributed by atoms with E-state index in [1.54, 1.807) is 29.2 Å². The lowest BCUT2D eigenvalue weighted by molar-refractivity contribution is -0.118. The van der Waals surface area contributed by atoms with Crippen molar-refractivity contribution in [2.45, 2.75) is 19.8 Å². The van der Waals surface area contributed by atoms with Gasteiger partial charge in [0.1, 0.15) is 0 Å². The van der Waals surface area contributed by atoms with Gasteiger partial charge >= 0.3 is 0 Å². The van der Waals surface area contributed by atoms with Crippen LogP contribution < -0.4 is 10.2 Å². The zero-order valence-corrected chi connectivity index (χ0v) is 13.6. The highest BCUT2D eigenvalue weighted by molar-refractivity contribution is 6.31. The number of anilines is 2. The highest BCUT2D eigenvalue weighted by atomic mass is 35.5. The molecule has 0 atom stereocenters. The average Bonchev–Trinajstić information content (AvgIpc) is 2.55. The van der Waals surface area contributed by atoms with Crippen molar-refractivity contribution in [3.63, 3.8) is 0 Å². The normalized spacial score (nSPS) is 13.7. The zero-order chi connectivity index (χ0) is 16.4. The van der Waals surface area contributed by atoms with Gasteiger partial charge in [0, 0.05) is 34.9 Å². The maximum atomic E-state index is 12.3. The van der Waals surface area contributed by atoms with Crippen LogP contribution in [0.5, 0.6) is 0 Å². The highest BCUT2D eigenvalue weighted by Crippen LogP contribution is 2.30. The molecule has 118 valence electrons. The Hall–Kier alpha value is -2.33. The first-order chi connectivity index (χ1) is 11.1. The van der Waals surface area contributed by atoms with Gasteiger partial charge in [-0.05, 0) is 55.3 Å². The number of fused-ring (bicyclic) bond motifs is 1. The number of rotatable bonds is 3. The lowest BCUT2D eigenvalue weighted by Crippen LogP contribution is -2.34. The van der Waals surface area contributed by atoms with E-state index in [0.717, 1.165) is 16.9 Å². The van der Waals surface area contributed by atoms with Gasteiger partial charge in [-0.1, -0.05) is 17.7 Å². The number of hydrogen-bond donors (Lipinski definition) is 1. The van der Waals surface area contributed by atoms with E-state index in [9.17, 15) is 9.59 Å². The first kappa shape index (κ1) is 15.6. The van der Waals surface area contributed by atoms with Gasteiger partial charge in [-0.25, -0.2) is 0 Å². The molecule has 2 aromatic carbocycles. The van der Waals surface area contributed by atoms with Crippen molar-refractivity contribution in [2.24, 2.45) is 0 Å². The Labute approximate surface area is 140 Å². The quantitative estimate of drug-likeness (QED) is 0.929. The van der Waals surface area contributed by atoms with Crippen LogP contribution >= 0.6 is 11.6 Å². The second-order valence-electron chi connectivity index (χ2n) is 5.45. The summed E-state index contributed by atoms with van der Waals surface area (Å²) in [6, 6.07) is 12.5. The number of amides is 2. The minimum Gasteiger partial charge on any atom is -0.322 e. The summed E-state index contributed by atoms with van der Waals surface area (Å²) in [5.41, 5.74) is 3.25. The third-order valence-corrected chi connectivity index (χ3v) is 4.18. The first-order valence-electron chi connectivity index (χ1n) is 7.58. The molecule has 0 fully saturated rings. The summed E-state index contributed by atoms with van der Waals surface area (Å²) in [5.74, 6) is -0.0533. The molecular formula is C18H17ClN2O2. The van der Waals surface area contributed by atoms with Gasteiger partial charge in [-0.3, -0.25) is 9.59 Å². The van der Waals surface area contributed by atoms with Crippen LogP contribution in [-0.2, 0) is 11.2 Å². The third-order valence-electron chi connectivity index (χ3n) is 3.94. The van der Waals surface area contributed by atoms with E-state index in [-0.39, 0.29) is 11.8 Å². The molecule has 0 spiro atoms. The Morgan fingerprint density at radius 2 is 2.04 bits per heavy atom. The fourth-order valence-corrected chi connectivity index (χ4v) is 3.01. The average molecular weight is 329 g/mol. The molecule has 1 aliphatic rings. The van der Waals surface area contributed by atoms with Crippen LogP contribution in [0.4, 0.5) is 11.4 Å². The SMILES string of the molecule is CCN1C(=O)CCc2cc(NC(=O)c3cccc(Cl)c3)ccc21. The van der Waals surface area contributed by atoms with Gasteiger partial charge in [0.05, 0.1) is 0 Å². The number of carbonyl (C=O) groups is 2. The Morgan fingerprint density at radius 3 is 2.78 bits per heavy atom. The van der Waals surface area contributed by atoms with Crippen molar-refractivity contribution < 1.29 is 9.59 Å². The summed E-state index contributed by atoms with van der Waals surface area (Å²) in [7, 11) is 0. The molecule has 0 aromatic heterocycles. The first-order valence-corrected chi connectivity index (χ1v) is 7.96. The number of hydrogen-bond acceptors (Lipinski definition) is 2. The number of carbonyl (C=O) groups excluding carboxylic acids is 2. The van der Waals surface area contributed by atoms with Crippen LogP contribution in [0.3, 0.4) is 0 Å². The Balaban J connectivity index is 1.82. The molecular weight excluding hydrogens is 312 g/mol. The molecule has 23 heavy (non-hydrogen) atoms. The number of nitrogens with one attached hydrogen (secondary N) is 1. The van der Waals surface area contributed by atoms with Crippen molar-refractivity contribution in [3.05, 3.63) is 58.6 Å². The number of halogens is 1. The predicted molar refractivity (Wildman–Crippen MR) is 92.2 cm³/mol. The van der Waals surface area contributed by atoms with Gasteiger partial charge in [-0.15, -0.1) is 0 Å². The predicted octanol–water partition coefficient (Wildman–Crippen LogP) is 3.89. The fraction of sp³-hybridized carbons (Fsp3) is 0.222. The summed E-state index contributed by atoms with van der Waals surface area (Å²) >= 11 is 5.91. The van der Waals surface area contributed by atoms with Crippen LogP contribution in [0, 0.1) is 0 Å². The lowest BCUT2D eigenvalue weighted by Gasteiger charge is -2.28. The molecule has 0 unspecified atom stereocenters. The van der Waals surface area contributed by atoms with Crippen LogP contribution in [-0.4, -0.2) is 18.4 Å². The van der Waals surface area contributed by atoms with Crippen molar-refractivity contribution in [1.29, 1.82) is 0 Å². The van der Waals surface area contributed by atoms with E-state index in [1.807, 2.05) is 25.1 Å². The van der Waals surface area contributed by atoms with Crippen molar-refractivity contribution in [1.82, 2.24) is 0 Å². The van der Waals surface area contributed by atoms with E-state index >= 15 is 0 Å². The number of aryl methyl sites for hydroxylation is 1. The lowest BCUT2D eigenvalue weighted by atomic mass is 10.0. The van der Waals surface area contributed by atoms with E-state index < -0.39 is 0 Å². The molecule has 0 saturated heterocycles. The fourth-order valence-electron chi connectivity index (χ4n) is 2.82. The van der Waals surface area contributed by atoms with Crippen LogP contribution in [0.2, 0.25) is 5.02 Å². The molecule has 3 rings (SSSR count). The largest absolute Gasteiger partial charge is 0.322 e. The number of nitrogens with zero attached hydrogens (tertiary/aromatic N) is 1. The maximum absolute atomic E-state index is 12.3. The molecule has 1 heterocycles. The van der Waals surface area contributed by atoms with Crippen molar-refractivity contribution >= 4 is 34.8 Å². The maximum Gasteiger partial charge on any atom is 0.255 e. The molecule has 0 radical (unpaired) electrons. The summed E-state index contributed by atoms with van der Waals surface area (Å²) in [4.78, 5) is 26.0. The van der Waals surface area contributed by atoms with Crippen LogP contribution in [0.1, 0.15) is 29.3 Å². The van der Waals surface area contributed by atoms with Gasteiger partial charge in [0.2, 0.25) is 5.91 Å². The second-order valence-corrected chi connectivity index (χ2v) is 5.88. The summed E-state index contributed by atoms with van der Waals surface area (Å²) in [6.07, 6.45) is 1.21. The van der Waals surface area contributed by atoms with Gasteiger partial charge < -0.3 is 10.2 Å². The molecule has 1 aliphatic heterocycles. The molecule has 0 aliphatic carbocycles. The summed E-state index contributed by atoms with van der Waals surface area (Å²) in [6.45, 7) is 2.61. The minimum atomic E-state index is -0.202.